The van der Waals surface area contributed by atoms with Gasteiger partial charge in [0, 0.05) is 18.3 Å². The lowest BCUT2D eigenvalue weighted by molar-refractivity contribution is -0.136. The molecule has 1 aromatic heterocycles. The number of methoxy groups -OCH3 is 1. The summed E-state index contributed by atoms with van der Waals surface area (Å²) in [5, 5.41) is 0.885. The second-order valence-electron chi connectivity index (χ2n) is 10.2. The van der Waals surface area contributed by atoms with Gasteiger partial charge in [0.25, 0.3) is 10.2 Å². The van der Waals surface area contributed by atoms with E-state index in [0.717, 1.165) is 50.7 Å². The molecular weight excluding hydrogens is 523 g/mol. The fourth-order valence-electron chi connectivity index (χ4n) is 6.27. The number of nitrogens with zero attached hydrogens (tertiary/aromatic N) is 2. The molecule has 2 aliphatic carbocycles. The zero-order chi connectivity index (χ0) is 26.0. The van der Waals surface area contributed by atoms with Crippen molar-refractivity contribution in [3.63, 3.8) is 0 Å². The molecule has 6 nitrogen and oxygen atoms in total. The Bertz CT molecular complexity index is 1440. The van der Waals surface area contributed by atoms with Crippen molar-refractivity contribution in [1.29, 1.82) is 0 Å². The highest BCUT2D eigenvalue weighted by molar-refractivity contribution is 7.87. The van der Waals surface area contributed by atoms with Crippen LogP contribution in [0.4, 0.5) is 13.2 Å². The average Bonchev–Trinajstić information content (AvgIpc) is 3.48. The van der Waals surface area contributed by atoms with Crippen LogP contribution in [-0.2, 0) is 23.1 Å². The molecule has 1 saturated heterocycles. The van der Waals surface area contributed by atoms with E-state index in [9.17, 15) is 21.6 Å². The first kappa shape index (κ1) is 24.8. The minimum Gasteiger partial charge on any atom is -0.497 e. The number of aromatic nitrogens is 1. The van der Waals surface area contributed by atoms with Crippen molar-refractivity contribution in [2.75, 3.05) is 20.2 Å². The summed E-state index contributed by atoms with van der Waals surface area (Å²) in [4.78, 5) is 5.68. The highest BCUT2D eigenvalue weighted by atomic mass is 32.2. The third kappa shape index (κ3) is 4.45. The summed E-state index contributed by atoms with van der Waals surface area (Å²) >= 11 is 1.59. The molecule has 6 rings (SSSR count). The van der Waals surface area contributed by atoms with Crippen molar-refractivity contribution in [2.24, 2.45) is 11.8 Å². The van der Waals surface area contributed by atoms with Gasteiger partial charge in [0.15, 0.2) is 0 Å². The minimum absolute atomic E-state index is 0.0425. The van der Waals surface area contributed by atoms with Gasteiger partial charge in [-0.1, -0.05) is 12.1 Å². The summed E-state index contributed by atoms with van der Waals surface area (Å²) in [6.45, 7) is -1.59. The SMILES string of the molecule is COc1ccc(-c2cnc(-c3ccc4c(c3)CC3CCC(C4)C34CN(CC(F)(F)F)S(=O)(=O)N4)s2)cc1. The number of fused-ring (bicyclic) bond motifs is 1. The predicted molar refractivity (Wildman–Crippen MR) is 136 cm³/mol. The molecule has 3 unspecified atom stereocenters. The van der Waals surface area contributed by atoms with Gasteiger partial charge in [-0.05, 0) is 84.5 Å². The van der Waals surface area contributed by atoms with Crippen molar-refractivity contribution < 1.29 is 26.3 Å². The Balaban J connectivity index is 1.27. The summed E-state index contributed by atoms with van der Waals surface area (Å²) < 4.78 is 73.3. The molecule has 2 fully saturated rings. The van der Waals surface area contributed by atoms with Crippen LogP contribution in [0.15, 0.2) is 48.7 Å². The zero-order valence-electron chi connectivity index (χ0n) is 20.1. The van der Waals surface area contributed by atoms with Crippen LogP contribution in [0.1, 0.15) is 24.0 Å². The van der Waals surface area contributed by atoms with Crippen LogP contribution < -0.4 is 9.46 Å². The second kappa shape index (κ2) is 8.79. The van der Waals surface area contributed by atoms with E-state index in [1.807, 2.05) is 36.5 Å². The Morgan fingerprint density at radius 1 is 1.08 bits per heavy atom. The number of thiazole rings is 1. The van der Waals surface area contributed by atoms with Gasteiger partial charge >= 0.3 is 6.18 Å². The van der Waals surface area contributed by atoms with Gasteiger partial charge in [0.05, 0.1) is 17.5 Å². The van der Waals surface area contributed by atoms with Gasteiger partial charge in [0.1, 0.15) is 17.3 Å². The smallest absolute Gasteiger partial charge is 0.402 e. The lowest BCUT2D eigenvalue weighted by Crippen LogP contribution is -2.52. The van der Waals surface area contributed by atoms with Crippen LogP contribution >= 0.6 is 11.3 Å². The number of hydrogen-bond donors (Lipinski definition) is 1. The molecule has 3 atom stereocenters. The monoisotopic (exact) mass is 549 g/mol. The molecule has 2 aromatic carbocycles. The van der Waals surface area contributed by atoms with Crippen molar-refractivity contribution in [1.82, 2.24) is 14.0 Å². The predicted octanol–water partition coefficient (Wildman–Crippen LogP) is 5.06. The van der Waals surface area contributed by atoms with Crippen LogP contribution in [0.25, 0.3) is 21.0 Å². The van der Waals surface area contributed by atoms with Crippen LogP contribution in [0, 0.1) is 11.8 Å². The molecular formula is C26H26F3N3O3S2. The van der Waals surface area contributed by atoms with Crippen molar-refractivity contribution >= 4 is 21.5 Å². The lowest BCUT2D eigenvalue weighted by Gasteiger charge is -2.33. The number of benzene rings is 2. The molecule has 1 aliphatic heterocycles. The van der Waals surface area contributed by atoms with Crippen molar-refractivity contribution in [3.05, 3.63) is 59.8 Å². The molecule has 11 heteroatoms. The van der Waals surface area contributed by atoms with Crippen LogP contribution in [0.3, 0.4) is 0 Å². The molecule has 1 N–H and O–H groups in total. The van der Waals surface area contributed by atoms with E-state index in [2.05, 4.69) is 21.8 Å². The van der Waals surface area contributed by atoms with Crippen LogP contribution in [-0.4, -0.2) is 49.6 Å². The van der Waals surface area contributed by atoms with Crippen LogP contribution in [0.2, 0.25) is 0 Å². The van der Waals surface area contributed by atoms with E-state index in [-0.39, 0.29) is 18.4 Å². The van der Waals surface area contributed by atoms with Gasteiger partial charge in [0.2, 0.25) is 0 Å². The molecule has 37 heavy (non-hydrogen) atoms. The van der Waals surface area contributed by atoms with Gasteiger partial charge < -0.3 is 4.74 Å². The molecule has 0 radical (unpaired) electrons. The maximum Gasteiger partial charge on any atom is 0.402 e. The molecule has 1 spiro atoms. The second-order valence-corrected chi connectivity index (χ2v) is 12.9. The molecule has 196 valence electrons. The summed E-state index contributed by atoms with van der Waals surface area (Å²) in [7, 11) is -2.56. The van der Waals surface area contributed by atoms with Gasteiger partial charge in [-0.25, -0.2) is 4.98 Å². The third-order valence-electron chi connectivity index (χ3n) is 8.04. The Morgan fingerprint density at radius 2 is 1.76 bits per heavy atom. The van der Waals surface area contributed by atoms with Gasteiger partial charge in [-0.2, -0.15) is 30.6 Å². The Kier molecular flexibility index (Phi) is 5.90. The number of alkyl halides is 3. The summed E-state index contributed by atoms with van der Waals surface area (Å²) in [5.41, 5.74) is 3.43. The molecule has 2 heterocycles. The quantitative estimate of drug-likeness (QED) is 0.494. The third-order valence-corrected chi connectivity index (χ3v) is 10.7. The fraction of sp³-hybridized carbons (Fsp3) is 0.423. The lowest BCUT2D eigenvalue weighted by atomic mass is 9.79. The average molecular weight is 550 g/mol. The van der Waals surface area contributed by atoms with E-state index >= 15 is 0 Å². The minimum atomic E-state index is -4.58. The number of rotatable bonds is 4. The first-order chi connectivity index (χ1) is 17.6. The number of halogens is 3. The summed E-state index contributed by atoms with van der Waals surface area (Å²) in [6, 6.07) is 14.0. The largest absolute Gasteiger partial charge is 0.497 e. The van der Waals surface area contributed by atoms with E-state index < -0.39 is 28.5 Å². The molecule has 3 aromatic rings. The summed E-state index contributed by atoms with van der Waals surface area (Å²) in [6.07, 6.45) is 0.122. The molecule has 0 amide bonds. The van der Waals surface area contributed by atoms with Gasteiger partial charge in [-0.15, -0.1) is 11.3 Å². The van der Waals surface area contributed by atoms with E-state index in [4.69, 9.17) is 4.74 Å². The summed E-state index contributed by atoms with van der Waals surface area (Å²) in [5.74, 6) is 0.685. The number of ether oxygens (including phenoxy) is 1. The zero-order valence-corrected chi connectivity index (χ0v) is 21.7. The van der Waals surface area contributed by atoms with E-state index in [1.165, 1.54) is 0 Å². The van der Waals surface area contributed by atoms with E-state index in [0.29, 0.717) is 17.1 Å². The van der Waals surface area contributed by atoms with Crippen LogP contribution in [0.5, 0.6) is 5.75 Å². The van der Waals surface area contributed by atoms with Crippen molar-refractivity contribution in [2.45, 2.75) is 37.4 Å². The maximum atomic E-state index is 13.1. The fourth-order valence-corrected chi connectivity index (χ4v) is 8.90. The van der Waals surface area contributed by atoms with E-state index in [1.54, 1.807) is 18.4 Å². The van der Waals surface area contributed by atoms with Gasteiger partial charge in [-0.3, -0.25) is 0 Å². The number of hydrogen-bond acceptors (Lipinski definition) is 5. The molecule has 2 bridgehead atoms. The number of nitrogens with one attached hydrogen (secondary N) is 1. The maximum absolute atomic E-state index is 13.1. The highest BCUT2D eigenvalue weighted by Gasteiger charge is 2.60. The standard InChI is InChI=1S/C26H26F3N3O3S2/c1-35-22-8-4-16(5-9-22)23-13-30-24(36-23)18-3-2-17-11-20-6-7-21(12-19(17)10-18)25(20)14-32(15-26(27,28)29)37(33,34)31-25/h2-5,8-10,13,20-21,31H,6-7,11-12,14-15H2,1H3. The Labute approximate surface area is 217 Å². The Morgan fingerprint density at radius 3 is 2.43 bits per heavy atom. The van der Waals surface area contributed by atoms with Crippen molar-refractivity contribution in [3.8, 4) is 26.8 Å². The normalized spacial score (nSPS) is 26.8. The highest BCUT2D eigenvalue weighted by Crippen LogP contribution is 2.51. The molecule has 1 saturated carbocycles. The first-order valence-electron chi connectivity index (χ1n) is 12.1. The topological polar surface area (TPSA) is 71.5 Å². The molecule has 3 aliphatic rings. The first-order valence-corrected chi connectivity index (χ1v) is 14.4. The Hall–Kier alpha value is -2.47.